The lowest BCUT2D eigenvalue weighted by atomic mass is 9.70. The van der Waals surface area contributed by atoms with Gasteiger partial charge in [-0.1, -0.05) is 0 Å². The predicted octanol–water partition coefficient (Wildman–Crippen LogP) is -1.25. The Kier molecular flexibility index (Phi) is 3.54. The third kappa shape index (κ3) is 1.98. The molecule has 1 heterocycles. The molecule has 1 saturated carbocycles. The van der Waals surface area contributed by atoms with Crippen LogP contribution in [0.15, 0.2) is 4.99 Å². The van der Waals surface area contributed by atoms with Crippen LogP contribution in [0.2, 0.25) is 0 Å². The standard InChI is InChI=1S/C11H16N2O4/c12-2-10-13-11-8(5-16)7(4-15)6(3-14)1-9(11)17-10/h4-9,11,14H,1-3,12H2/t6-,7+,8+,9-,11+/m0/s1. The smallest absolute Gasteiger partial charge is 0.198 e. The SMILES string of the molecule is NCC1=N[C@@H]2[C@H](C=O)[C@H](C=O)[C@H](CO)C[C@@H]2O1. The molecule has 3 N–H and O–H groups in total. The number of fused-ring (bicyclic) bond motifs is 1. The Labute approximate surface area is 98.8 Å². The summed E-state index contributed by atoms with van der Waals surface area (Å²) in [4.78, 5) is 26.4. The monoisotopic (exact) mass is 240 g/mol. The molecule has 2 aliphatic rings. The summed E-state index contributed by atoms with van der Waals surface area (Å²) < 4.78 is 5.51. The molecule has 1 aliphatic carbocycles. The Balaban J connectivity index is 2.25. The number of carbonyl (C=O) groups excluding carboxylic acids is 2. The molecule has 0 aromatic carbocycles. The first-order valence-electron chi connectivity index (χ1n) is 5.70. The van der Waals surface area contributed by atoms with Crippen LogP contribution < -0.4 is 5.73 Å². The zero-order valence-electron chi connectivity index (χ0n) is 9.36. The third-order valence-corrected chi connectivity index (χ3v) is 3.60. The van der Waals surface area contributed by atoms with E-state index in [2.05, 4.69) is 4.99 Å². The summed E-state index contributed by atoms with van der Waals surface area (Å²) >= 11 is 0. The molecule has 2 rings (SSSR count). The van der Waals surface area contributed by atoms with E-state index in [1.807, 2.05) is 0 Å². The Bertz CT molecular complexity index is 344. The number of aliphatic hydroxyl groups excluding tert-OH is 1. The fourth-order valence-electron chi connectivity index (χ4n) is 2.71. The van der Waals surface area contributed by atoms with Crippen LogP contribution in [-0.4, -0.2) is 48.9 Å². The Hall–Kier alpha value is -1.27. The number of aliphatic hydroxyl groups is 1. The van der Waals surface area contributed by atoms with Gasteiger partial charge in [-0.15, -0.1) is 0 Å². The molecular formula is C11H16N2O4. The van der Waals surface area contributed by atoms with Crippen LogP contribution in [0.25, 0.3) is 0 Å². The molecule has 6 nitrogen and oxygen atoms in total. The van der Waals surface area contributed by atoms with Crippen molar-refractivity contribution < 1.29 is 19.4 Å². The maximum atomic E-state index is 11.1. The van der Waals surface area contributed by atoms with Gasteiger partial charge in [0, 0.05) is 12.5 Å². The van der Waals surface area contributed by atoms with Crippen molar-refractivity contribution in [3.05, 3.63) is 0 Å². The van der Waals surface area contributed by atoms with E-state index in [1.165, 1.54) is 0 Å². The molecule has 0 saturated heterocycles. The number of rotatable bonds is 4. The number of nitrogens with two attached hydrogens (primary N) is 1. The topological polar surface area (TPSA) is 102 Å². The van der Waals surface area contributed by atoms with Crippen LogP contribution >= 0.6 is 0 Å². The fraction of sp³-hybridized carbons (Fsp3) is 0.727. The molecule has 5 atom stereocenters. The first-order valence-corrected chi connectivity index (χ1v) is 5.70. The summed E-state index contributed by atoms with van der Waals surface area (Å²) in [6, 6.07) is -0.330. The van der Waals surface area contributed by atoms with Gasteiger partial charge in [-0.3, -0.25) is 0 Å². The van der Waals surface area contributed by atoms with E-state index < -0.39 is 11.8 Å². The number of aliphatic imine (C=N–C) groups is 1. The lowest BCUT2D eigenvalue weighted by Gasteiger charge is -2.37. The summed E-state index contributed by atoms with van der Waals surface area (Å²) in [7, 11) is 0. The van der Waals surface area contributed by atoms with Crippen LogP contribution in [0.5, 0.6) is 0 Å². The van der Waals surface area contributed by atoms with Gasteiger partial charge in [0.1, 0.15) is 24.7 Å². The summed E-state index contributed by atoms with van der Waals surface area (Å²) in [6.07, 6.45) is 1.77. The first kappa shape index (κ1) is 12.2. The summed E-state index contributed by atoms with van der Waals surface area (Å²) in [5.41, 5.74) is 5.45. The maximum Gasteiger partial charge on any atom is 0.198 e. The average Bonchev–Trinajstić information content (AvgIpc) is 2.78. The van der Waals surface area contributed by atoms with Crippen LogP contribution in [0.3, 0.4) is 0 Å². The predicted molar refractivity (Wildman–Crippen MR) is 59.5 cm³/mol. The normalized spacial score (nSPS) is 40.1. The summed E-state index contributed by atoms with van der Waals surface area (Å²) in [5.74, 6) is -0.818. The zero-order chi connectivity index (χ0) is 12.4. The van der Waals surface area contributed by atoms with Gasteiger partial charge in [-0.2, -0.15) is 0 Å². The average molecular weight is 240 g/mol. The van der Waals surface area contributed by atoms with Crippen LogP contribution in [-0.2, 0) is 14.3 Å². The van der Waals surface area contributed by atoms with E-state index in [4.69, 9.17) is 10.5 Å². The van der Waals surface area contributed by atoms with Gasteiger partial charge in [0.05, 0.1) is 12.5 Å². The first-order chi connectivity index (χ1) is 8.24. The van der Waals surface area contributed by atoms with Gasteiger partial charge in [-0.25, -0.2) is 4.99 Å². The highest BCUT2D eigenvalue weighted by atomic mass is 16.5. The van der Waals surface area contributed by atoms with E-state index in [0.29, 0.717) is 12.3 Å². The minimum absolute atomic E-state index is 0.127. The van der Waals surface area contributed by atoms with Crippen molar-refractivity contribution >= 4 is 18.5 Å². The molecule has 0 radical (unpaired) electrons. The van der Waals surface area contributed by atoms with Crippen molar-refractivity contribution in [2.75, 3.05) is 13.2 Å². The molecule has 6 heteroatoms. The van der Waals surface area contributed by atoms with Gasteiger partial charge in [0.2, 0.25) is 0 Å². The maximum absolute atomic E-state index is 11.1. The van der Waals surface area contributed by atoms with Crippen molar-refractivity contribution in [3.8, 4) is 0 Å². The lowest BCUT2D eigenvalue weighted by Crippen LogP contribution is -2.47. The Morgan fingerprint density at radius 3 is 2.65 bits per heavy atom. The molecular weight excluding hydrogens is 224 g/mol. The molecule has 1 aliphatic heterocycles. The van der Waals surface area contributed by atoms with E-state index in [-0.39, 0.29) is 31.2 Å². The molecule has 17 heavy (non-hydrogen) atoms. The number of aldehydes is 2. The van der Waals surface area contributed by atoms with E-state index >= 15 is 0 Å². The van der Waals surface area contributed by atoms with Gasteiger partial charge >= 0.3 is 0 Å². The minimum Gasteiger partial charge on any atom is -0.474 e. The van der Waals surface area contributed by atoms with Crippen molar-refractivity contribution in [2.45, 2.75) is 18.6 Å². The van der Waals surface area contributed by atoms with Crippen molar-refractivity contribution in [2.24, 2.45) is 28.5 Å². The van der Waals surface area contributed by atoms with Gasteiger partial charge < -0.3 is 25.2 Å². The largest absolute Gasteiger partial charge is 0.474 e. The highest BCUT2D eigenvalue weighted by Crippen LogP contribution is 2.38. The number of hydrogen-bond donors (Lipinski definition) is 2. The molecule has 94 valence electrons. The highest BCUT2D eigenvalue weighted by molar-refractivity contribution is 5.81. The van der Waals surface area contributed by atoms with Crippen molar-refractivity contribution in [3.63, 3.8) is 0 Å². The quantitative estimate of drug-likeness (QED) is 0.598. The number of hydrogen-bond acceptors (Lipinski definition) is 6. The van der Waals surface area contributed by atoms with E-state index in [1.54, 1.807) is 0 Å². The van der Waals surface area contributed by atoms with Gasteiger partial charge in [0.25, 0.3) is 0 Å². The Morgan fingerprint density at radius 1 is 1.41 bits per heavy atom. The van der Waals surface area contributed by atoms with Crippen LogP contribution in [0.4, 0.5) is 0 Å². The van der Waals surface area contributed by atoms with E-state index in [9.17, 15) is 14.7 Å². The second-order valence-corrected chi connectivity index (χ2v) is 4.48. The number of nitrogens with zero attached hydrogens (tertiary/aromatic N) is 1. The van der Waals surface area contributed by atoms with Crippen molar-refractivity contribution in [1.82, 2.24) is 0 Å². The summed E-state index contributed by atoms with van der Waals surface area (Å²) in [6.45, 7) is 0.0619. The number of carbonyl (C=O) groups is 2. The Morgan fingerprint density at radius 2 is 2.12 bits per heavy atom. The second kappa shape index (κ2) is 4.93. The molecule has 0 aromatic heterocycles. The van der Waals surface area contributed by atoms with Gasteiger partial charge in [0.15, 0.2) is 5.90 Å². The minimum atomic E-state index is -0.521. The van der Waals surface area contributed by atoms with Crippen molar-refractivity contribution in [1.29, 1.82) is 0 Å². The molecule has 0 aromatic rings. The second-order valence-electron chi connectivity index (χ2n) is 4.48. The molecule has 0 spiro atoms. The van der Waals surface area contributed by atoms with Crippen LogP contribution in [0, 0.1) is 17.8 Å². The molecule has 1 fully saturated rings. The van der Waals surface area contributed by atoms with Gasteiger partial charge in [-0.05, 0) is 12.3 Å². The zero-order valence-corrected chi connectivity index (χ0v) is 9.36. The highest BCUT2D eigenvalue weighted by Gasteiger charge is 2.48. The molecule has 0 unspecified atom stereocenters. The van der Waals surface area contributed by atoms with Crippen LogP contribution in [0.1, 0.15) is 6.42 Å². The summed E-state index contributed by atoms with van der Waals surface area (Å²) in [5, 5.41) is 9.26. The lowest BCUT2D eigenvalue weighted by molar-refractivity contribution is -0.126. The molecule has 0 bridgehead atoms. The fourth-order valence-corrected chi connectivity index (χ4v) is 2.71. The molecule has 0 amide bonds. The third-order valence-electron chi connectivity index (χ3n) is 3.60. The number of ether oxygens (including phenoxy) is 1. The van der Waals surface area contributed by atoms with E-state index in [0.717, 1.165) is 12.6 Å².